The summed E-state index contributed by atoms with van der Waals surface area (Å²) in [5.74, 6) is 0.219. The molecule has 4 rings (SSSR count). The molecule has 0 saturated heterocycles. The summed E-state index contributed by atoms with van der Waals surface area (Å²) >= 11 is 0. The number of carbonyl (C=O) groups excluding carboxylic acids is 2. The fourth-order valence-corrected chi connectivity index (χ4v) is 7.07. The maximum Gasteiger partial charge on any atom is 0.426 e. The Kier molecular flexibility index (Phi) is 7.02. The number of fused-ring (bicyclic) bond motifs is 1. The van der Waals surface area contributed by atoms with Gasteiger partial charge in [0.05, 0.1) is 17.7 Å². The molecule has 4 aromatic rings. The van der Waals surface area contributed by atoms with Gasteiger partial charge in [0.1, 0.15) is 5.52 Å². The van der Waals surface area contributed by atoms with E-state index in [2.05, 4.69) is 54.2 Å². The standard InChI is InChI=1S/C26H32N6O3Si2/c1-19(33)32(37(5,6)7)24-22-23(30(18-27-22)36(2,3)4)28-25(29-24)35-26(34)31(20-14-10-8-11-15-20)21-16-12-9-13-17-21/h8-18H,1-7H3. The Morgan fingerprint density at radius 1 is 0.838 bits per heavy atom. The van der Waals surface area contributed by atoms with E-state index in [0.29, 0.717) is 28.4 Å². The van der Waals surface area contributed by atoms with Gasteiger partial charge in [-0.15, -0.1) is 0 Å². The molecular weight excluding hydrogens is 500 g/mol. The number of anilines is 3. The molecule has 0 bridgehead atoms. The first-order chi connectivity index (χ1) is 17.4. The van der Waals surface area contributed by atoms with Crippen LogP contribution in [0.1, 0.15) is 6.92 Å². The Morgan fingerprint density at radius 2 is 1.38 bits per heavy atom. The van der Waals surface area contributed by atoms with Crippen molar-refractivity contribution in [1.29, 1.82) is 0 Å². The molecule has 0 aliphatic heterocycles. The van der Waals surface area contributed by atoms with Gasteiger partial charge in [0.25, 0.3) is 0 Å². The van der Waals surface area contributed by atoms with Crippen LogP contribution < -0.4 is 14.2 Å². The summed E-state index contributed by atoms with van der Waals surface area (Å²) < 4.78 is 9.55. The van der Waals surface area contributed by atoms with Gasteiger partial charge in [0.2, 0.25) is 5.91 Å². The summed E-state index contributed by atoms with van der Waals surface area (Å²) in [6.07, 6.45) is 1.08. The molecule has 0 radical (unpaired) electrons. The molecule has 0 N–H and O–H groups in total. The molecule has 2 aromatic heterocycles. The summed E-state index contributed by atoms with van der Waals surface area (Å²) in [5, 5.41) is 0. The lowest BCUT2D eigenvalue weighted by molar-refractivity contribution is -0.115. The number of aromatic nitrogens is 4. The summed E-state index contributed by atoms with van der Waals surface area (Å²) in [6.45, 7) is 14.2. The monoisotopic (exact) mass is 532 g/mol. The zero-order chi connectivity index (χ0) is 27.0. The van der Waals surface area contributed by atoms with E-state index in [9.17, 15) is 9.59 Å². The first-order valence-corrected chi connectivity index (χ1v) is 19.0. The quantitative estimate of drug-likeness (QED) is 0.281. The molecule has 192 valence electrons. The van der Waals surface area contributed by atoms with Crippen LogP contribution in [0.5, 0.6) is 6.01 Å². The first-order valence-electron chi connectivity index (χ1n) is 12.1. The second kappa shape index (κ2) is 9.90. The third kappa shape index (κ3) is 5.47. The van der Waals surface area contributed by atoms with Gasteiger partial charge in [-0.3, -0.25) is 4.79 Å². The van der Waals surface area contributed by atoms with E-state index in [-0.39, 0.29) is 11.9 Å². The lowest BCUT2D eigenvalue weighted by Gasteiger charge is -2.32. The third-order valence-electron chi connectivity index (χ3n) is 5.67. The van der Waals surface area contributed by atoms with Crippen LogP contribution in [0.3, 0.4) is 0 Å². The van der Waals surface area contributed by atoms with Crippen molar-refractivity contribution in [3.8, 4) is 6.01 Å². The molecule has 0 atom stereocenters. The second-order valence-electron chi connectivity index (χ2n) is 10.7. The van der Waals surface area contributed by atoms with Gasteiger partial charge in [-0.25, -0.2) is 14.7 Å². The van der Waals surface area contributed by atoms with E-state index in [1.807, 2.05) is 64.9 Å². The minimum absolute atomic E-state index is 0.131. The molecule has 2 amide bonds. The van der Waals surface area contributed by atoms with Crippen LogP contribution in [0.25, 0.3) is 11.2 Å². The number of rotatable bonds is 6. The largest absolute Gasteiger partial charge is 0.426 e. The molecule has 0 spiro atoms. The maximum absolute atomic E-state index is 13.6. The summed E-state index contributed by atoms with van der Waals surface area (Å²) in [4.78, 5) is 41.7. The highest BCUT2D eigenvalue weighted by Gasteiger charge is 2.34. The molecular formula is C26H32N6O3Si2. The van der Waals surface area contributed by atoms with E-state index in [0.717, 1.165) is 0 Å². The number of hydrogen-bond donors (Lipinski definition) is 0. The van der Waals surface area contributed by atoms with Gasteiger partial charge in [0, 0.05) is 6.92 Å². The van der Waals surface area contributed by atoms with E-state index >= 15 is 0 Å². The average Bonchev–Trinajstić information content (AvgIpc) is 3.24. The third-order valence-corrected chi connectivity index (χ3v) is 9.31. The number of ether oxygens (including phenoxy) is 1. The molecule has 0 unspecified atom stereocenters. The van der Waals surface area contributed by atoms with Crippen LogP contribution in [0.4, 0.5) is 22.0 Å². The van der Waals surface area contributed by atoms with Crippen LogP contribution in [0.15, 0.2) is 67.0 Å². The molecule has 2 heterocycles. The van der Waals surface area contributed by atoms with Crippen molar-refractivity contribution in [3.63, 3.8) is 0 Å². The Morgan fingerprint density at radius 3 is 1.84 bits per heavy atom. The van der Waals surface area contributed by atoms with Crippen LogP contribution in [0.2, 0.25) is 39.3 Å². The molecule has 0 fully saturated rings. The lowest BCUT2D eigenvalue weighted by atomic mass is 10.2. The van der Waals surface area contributed by atoms with Crippen LogP contribution in [-0.4, -0.2) is 47.7 Å². The molecule has 11 heteroatoms. The van der Waals surface area contributed by atoms with Crippen molar-refractivity contribution in [2.45, 2.75) is 46.2 Å². The van der Waals surface area contributed by atoms with Crippen LogP contribution >= 0.6 is 0 Å². The molecule has 2 aromatic carbocycles. The fourth-order valence-electron chi connectivity index (χ4n) is 4.14. The minimum atomic E-state index is -2.23. The van der Waals surface area contributed by atoms with Gasteiger partial charge in [-0.05, 0) is 24.3 Å². The summed E-state index contributed by atoms with van der Waals surface area (Å²) in [5.41, 5.74) is 2.34. The van der Waals surface area contributed by atoms with Gasteiger partial charge in [-0.1, -0.05) is 75.7 Å². The Labute approximate surface area is 218 Å². The zero-order valence-corrected chi connectivity index (χ0v) is 24.3. The van der Waals surface area contributed by atoms with Crippen molar-refractivity contribution < 1.29 is 14.3 Å². The average molecular weight is 533 g/mol. The number of hydrogen-bond acceptors (Lipinski definition) is 6. The van der Waals surface area contributed by atoms with Crippen molar-refractivity contribution in [2.75, 3.05) is 9.47 Å². The summed E-state index contributed by atoms with van der Waals surface area (Å²) in [7, 11) is -4.18. The molecule has 0 aliphatic carbocycles. The van der Waals surface area contributed by atoms with E-state index < -0.39 is 22.6 Å². The number of amides is 2. The number of nitrogens with zero attached hydrogens (tertiary/aromatic N) is 6. The van der Waals surface area contributed by atoms with E-state index in [1.165, 1.54) is 11.8 Å². The highest BCUT2D eigenvalue weighted by atomic mass is 28.3. The molecule has 9 nitrogen and oxygen atoms in total. The maximum atomic E-state index is 13.6. The Hall–Kier alpha value is -3.84. The number of para-hydroxylation sites is 2. The predicted molar refractivity (Wildman–Crippen MR) is 152 cm³/mol. The molecule has 0 saturated carbocycles. The zero-order valence-electron chi connectivity index (χ0n) is 22.3. The SMILES string of the molecule is CC(=O)N(c1nc(OC(=O)N(c2ccccc2)c2ccccc2)nc2c1ncn2[Si](C)(C)C)[Si](C)(C)C. The second-order valence-corrected chi connectivity index (χ2v) is 20.3. The van der Waals surface area contributed by atoms with Gasteiger partial charge in [-0.2, -0.15) is 9.97 Å². The predicted octanol–water partition coefficient (Wildman–Crippen LogP) is 6.03. The van der Waals surface area contributed by atoms with Crippen molar-refractivity contribution in [3.05, 3.63) is 67.0 Å². The number of carbonyl (C=O) groups is 2. The van der Waals surface area contributed by atoms with Crippen molar-refractivity contribution in [2.24, 2.45) is 0 Å². The van der Waals surface area contributed by atoms with Crippen molar-refractivity contribution in [1.82, 2.24) is 19.2 Å². The first kappa shape index (κ1) is 26.2. The van der Waals surface area contributed by atoms with Gasteiger partial charge < -0.3 is 13.5 Å². The Balaban J connectivity index is 1.87. The highest BCUT2D eigenvalue weighted by Crippen LogP contribution is 2.31. The van der Waals surface area contributed by atoms with Crippen molar-refractivity contribution >= 4 is 56.8 Å². The van der Waals surface area contributed by atoms with Gasteiger partial charge in [0.15, 0.2) is 27.9 Å². The van der Waals surface area contributed by atoms with E-state index in [4.69, 9.17) is 4.74 Å². The lowest BCUT2D eigenvalue weighted by Crippen LogP contribution is -2.49. The summed E-state index contributed by atoms with van der Waals surface area (Å²) in [6, 6.07) is 18.3. The number of benzene rings is 2. The Bertz CT molecular complexity index is 1390. The topological polar surface area (TPSA) is 93.5 Å². The fraction of sp³-hybridized carbons (Fsp3) is 0.269. The molecule has 37 heavy (non-hydrogen) atoms. The smallest absolute Gasteiger partial charge is 0.373 e. The van der Waals surface area contributed by atoms with Gasteiger partial charge >= 0.3 is 12.1 Å². The van der Waals surface area contributed by atoms with E-state index in [1.54, 1.807) is 10.9 Å². The van der Waals surface area contributed by atoms with Crippen LogP contribution in [-0.2, 0) is 4.79 Å². The highest BCUT2D eigenvalue weighted by molar-refractivity contribution is 6.83. The minimum Gasteiger partial charge on any atom is -0.373 e. The molecule has 0 aliphatic rings. The normalized spacial score (nSPS) is 11.9. The number of imidazole rings is 1. The van der Waals surface area contributed by atoms with Crippen LogP contribution in [0, 0.1) is 0 Å².